The zero-order valence-electron chi connectivity index (χ0n) is 19.8. The van der Waals surface area contributed by atoms with Gasteiger partial charge >= 0.3 is 0 Å². The third-order valence-corrected chi connectivity index (χ3v) is 6.98. The molecule has 198 valence electrons. The first-order valence-corrected chi connectivity index (χ1v) is 12.9. The van der Waals surface area contributed by atoms with Crippen LogP contribution in [-0.4, -0.2) is 81.9 Å². The number of carbonyl (C=O) groups excluding carboxylic acids is 2. The number of ether oxygens (including phenoxy) is 1. The number of likely N-dealkylation sites (tertiary alicyclic amines) is 1. The third-order valence-electron chi connectivity index (χ3n) is 6.09. The summed E-state index contributed by atoms with van der Waals surface area (Å²) in [5.41, 5.74) is -0.872. The number of morpholine rings is 1. The number of nitrogens with zero attached hydrogens (tertiary/aromatic N) is 4. The van der Waals surface area contributed by atoms with E-state index in [1.807, 2.05) is 0 Å². The van der Waals surface area contributed by atoms with Crippen molar-refractivity contribution < 1.29 is 28.0 Å². The molecular weight excluding hydrogens is 624 g/mol. The highest BCUT2D eigenvalue weighted by atomic mass is 79.9. The van der Waals surface area contributed by atoms with Gasteiger partial charge in [-0.2, -0.15) is 0 Å². The molecule has 14 heteroatoms. The van der Waals surface area contributed by atoms with Gasteiger partial charge in [0, 0.05) is 47.0 Å². The molecule has 0 saturated carbocycles. The van der Waals surface area contributed by atoms with Crippen LogP contribution in [0.25, 0.3) is 0 Å². The molecular formula is C23H23Br2F2N5O5. The Labute approximate surface area is 227 Å². The highest BCUT2D eigenvalue weighted by Gasteiger charge is 2.51. The van der Waals surface area contributed by atoms with Crippen molar-refractivity contribution in [1.82, 2.24) is 14.8 Å². The second kappa shape index (κ2) is 10.6. The maximum atomic E-state index is 15.1. The first-order valence-electron chi connectivity index (χ1n) is 11.3. The number of pyridine rings is 1. The van der Waals surface area contributed by atoms with Gasteiger partial charge in [0.05, 0.1) is 34.8 Å². The van der Waals surface area contributed by atoms with E-state index >= 15 is 8.78 Å². The second-order valence-electron chi connectivity index (χ2n) is 9.11. The maximum Gasteiger partial charge on any atom is 0.294 e. The molecule has 0 unspecified atom stereocenters. The van der Waals surface area contributed by atoms with Gasteiger partial charge in [-0.1, -0.05) is 15.9 Å². The summed E-state index contributed by atoms with van der Waals surface area (Å²) in [7, 11) is 0. The number of nitrogens with one attached hydrogen (secondary N) is 1. The minimum atomic E-state index is -3.43. The van der Waals surface area contributed by atoms with E-state index in [1.165, 1.54) is 29.4 Å². The first-order chi connectivity index (χ1) is 17.4. The number of anilines is 1. The number of benzene rings is 1. The number of halogens is 4. The molecule has 2 fully saturated rings. The predicted molar refractivity (Wildman–Crippen MR) is 137 cm³/mol. The molecule has 0 radical (unpaired) electrons. The Balaban J connectivity index is 1.67. The number of rotatable bonds is 5. The van der Waals surface area contributed by atoms with E-state index in [4.69, 9.17) is 4.74 Å². The summed E-state index contributed by atoms with van der Waals surface area (Å²) in [4.78, 5) is 43.8. The molecule has 0 bridgehead atoms. The molecule has 0 spiro atoms. The lowest BCUT2D eigenvalue weighted by Gasteiger charge is -2.35. The van der Waals surface area contributed by atoms with Crippen LogP contribution >= 0.6 is 31.9 Å². The Morgan fingerprint density at radius 3 is 2.38 bits per heavy atom. The van der Waals surface area contributed by atoms with Crippen LogP contribution in [0.15, 0.2) is 39.5 Å². The number of amides is 2. The summed E-state index contributed by atoms with van der Waals surface area (Å²) in [6, 6.07) is 2.30. The highest BCUT2D eigenvalue weighted by molar-refractivity contribution is 9.10. The van der Waals surface area contributed by atoms with Crippen LogP contribution in [0.5, 0.6) is 0 Å². The average molecular weight is 647 g/mol. The number of nitro benzene ring substituents is 1. The van der Waals surface area contributed by atoms with Crippen molar-refractivity contribution >= 4 is 55.0 Å². The molecule has 2 aliphatic rings. The quantitative estimate of drug-likeness (QED) is 0.379. The lowest BCUT2D eigenvalue weighted by atomic mass is 10.1. The molecule has 0 aliphatic carbocycles. The smallest absolute Gasteiger partial charge is 0.294 e. The number of carbonyl (C=O) groups is 2. The van der Waals surface area contributed by atoms with Crippen molar-refractivity contribution in [2.24, 2.45) is 0 Å². The van der Waals surface area contributed by atoms with Crippen LogP contribution in [0.4, 0.5) is 20.2 Å². The van der Waals surface area contributed by atoms with E-state index < -0.39 is 47.5 Å². The van der Waals surface area contributed by atoms with Gasteiger partial charge in [-0.05, 0) is 41.9 Å². The van der Waals surface area contributed by atoms with E-state index in [0.29, 0.717) is 4.47 Å². The van der Waals surface area contributed by atoms with Gasteiger partial charge in [0.2, 0.25) is 0 Å². The third kappa shape index (κ3) is 5.91. The van der Waals surface area contributed by atoms with Gasteiger partial charge in [-0.3, -0.25) is 24.7 Å². The normalized spacial score (nSPS) is 23.1. The van der Waals surface area contributed by atoms with Crippen molar-refractivity contribution in [3.63, 3.8) is 0 Å². The summed E-state index contributed by atoms with van der Waals surface area (Å²) in [5.74, 6) is -4.64. The molecule has 2 saturated heterocycles. The van der Waals surface area contributed by atoms with Crippen LogP contribution < -0.4 is 5.32 Å². The molecule has 2 amide bonds. The Hall–Kier alpha value is -2.71. The van der Waals surface area contributed by atoms with Gasteiger partial charge in [-0.15, -0.1) is 0 Å². The fraction of sp³-hybridized carbons (Fsp3) is 0.435. The molecule has 4 rings (SSSR count). The lowest BCUT2D eigenvalue weighted by Crippen LogP contribution is -2.48. The summed E-state index contributed by atoms with van der Waals surface area (Å²) >= 11 is 6.39. The first kappa shape index (κ1) is 27.3. The van der Waals surface area contributed by atoms with E-state index in [0.717, 1.165) is 11.0 Å². The van der Waals surface area contributed by atoms with Gasteiger partial charge in [0.1, 0.15) is 11.7 Å². The van der Waals surface area contributed by atoms with Crippen molar-refractivity contribution in [1.29, 1.82) is 0 Å². The number of nitro groups is 1. The summed E-state index contributed by atoms with van der Waals surface area (Å²) < 4.78 is 36.7. The molecule has 2 aliphatic heterocycles. The SMILES string of the molecule is C[C@@H]1CN(C(=O)c2cc(Br)cc([N+](=O)[O-])c2N[C@H]2CN(C(=O)c3cncc(Br)c3)CC2(F)F)C[C@H](C)O1. The van der Waals surface area contributed by atoms with E-state index in [2.05, 4.69) is 42.2 Å². The van der Waals surface area contributed by atoms with Crippen LogP contribution in [0.3, 0.4) is 0 Å². The summed E-state index contributed by atoms with van der Waals surface area (Å²) in [6.45, 7) is 2.73. The fourth-order valence-electron chi connectivity index (χ4n) is 4.55. The van der Waals surface area contributed by atoms with Crippen LogP contribution in [0, 0.1) is 10.1 Å². The molecule has 2 aromatic rings. The number of aromatic nitrogens is 1. The zero-order valence-corrected chi connectivity index (χ0v) is 23.0. The van der Waals surface area contributed by atoms with Crippen molar-refractivity contribution in [2.75, 3.05) is 31.5 Å². The molecule has 1 aromatic heterocycles. The Bertz CT molecular complexity index is 1240. The predicted octanol–water partition coefficient (Wildman–Crippen LogP) is 4.34. The molecule has 1 aromatic carbocycles. The molecule has 3 atom stereocenters. The minimum absolute atomic E-state index is 0.117. The van der Waals surface area contributed by atoms with Crippen LogP contribution in [0.1, 0.15) is 34.6 Å². The second-order valence-corrected chi connectivity index (χ2v) is 10.9. The number of hydrogen-bond acceptors (Lipinski definition) is 7. The minimum Gasteiger partial charge on any atom is -0.372 e. The van der Waals surface area contributed by atoms with Crippen molar-refractivity contribution in [2.45, 2.75) is 38.0 Å². The van der Waals surface area contributed by atoms with Gasteiger partial charge < -0.3 is 19.9 Å². The lowest BCUT2D eigenvalue weighted by molar-refractivity contribution is -0.384. The van der Waals surface area contributed by atoms with E-state index in [9.17, 15) is 19.7 Å². The monoisotopic (exact) mass is 645 g/mol. The molecule has 37 heavy (non-hydrogen) atoms. The fourth-order valence-corrected chi connectivity index (χ4v) is 5.36. The maximum absolute atomic E-state index is 15.1. The van der Waals surface area contributed by atoms with Gasteiger partial charge in [-0.25, -0.2) is 8.78 Å². The van der Waals surface area contributed by atoms with Crippen molar-refractivity contribution in [3.05, 3.63) is 60.8 Å². The Morgan fingerprint density at radius 1 is 1.08 bits per heavy atom. The standard InChI is InChI=1S/C23H23Br2F2N5O5/c1-12-8-30(9-13(2)37-12)22(34)17-4-15(24)5-18(32(35)36)20(17)29-19-10-31(11-23(19,26)27)21(33)14-3-16(25)7-28-6-14/h3-7,12-13,19,29H,8-11H2,1-2H3/t12-,13+,19-/m0/s1. The topological polar surface area (TPSA) is 118 Å². The van der Waals surface area contributed by atoms with Crippen molar-refractivity contribution in [3.8, 4) is 0 Å². The molecule has 3 heterocycles. The average Bonchev–Trinajstić information content (AvgIpc) is 3.11. The Kier molecular flexibility index (Phi) is 7.81. The number of alkyl halides is 2. The van der Waals surface area contributed by atoms with Gasteiger partial charge in [0.15, 0.2) is 0 Å². The van der Waals surface area contributed by atoms with Crippen LogP contribution in [-0.2, 0) is 4.74 Å². The summed E-state index contributed by atoms with van der Waals surface area (Å²) in [6.07, 6.45) is 2.20. The summed E-state index contributed by atoms with van der Waals surface area (Å²) in [5, 5.41) is 14.4. The zero-order chi connectivity index (χ0) is 27.1. The molecule has 1 N–H and O–H groups in total. The van der Waals surface area contributed by atoms with E-state index in [1.54, 1.807) is 13.8 Å². The van der Waals surface area contributed by atoms with Crippen LogP contribution in [0.2, 0.25) is 0 Å². The van der Waals surface area contributed by atoms with E-state index in [-0.39, 0.29) is 46.6 Å². The van der Waals surface area contributed by atoms with Gasteiger partial charge in [0.25, 0.3) is 23.4 Å². The largest absolute Gasteiger partial charge is 0.372 e. The number of hydrogen-bond donors (Lipinski definition) is 1. The Morgan fingerprint density at radius 2 is 1.76 bits per heavy atom. The molecule has 10 nitrogen and oxygen atoms in total. The highest BCUT2D eigenvalue weighted by Crippen LogP contribution is 2.38.